The van der Waals surface area contributed by atoms with E-state index in [9.17, 15) is 14.9 Å². The summed E-state index contributed by atoms with van der Waals surface area (Å²) in [4.78, 5) is 24.9. The molecule has 0 radical (unpaired) electrons. The van der Waals surface area contributed by atoms with E-state index in [1.165, 1.54) is 18.2 Å². The molecule has 1 aliphatic rings. The topological polar surface area (TPSA) is 63.4 Å². The van der Waals surface area contributed by atoms with Crippen LogP contribution in [0.25, 0.3) is 0 Å². The number of hydrogen-bond donors (Lipinski definition) is 0. The summed E-state index contributed by atoms with van der Waals surface area (Å²) in [5.41, 5.74) is -0.300. The predicted molar refractivity (Wildman–Crippen MR) is 82.1 cm³/mol. The Bertz CT molecular complexity index is 545. The lowest BCUT2D eigenvalue weighted by Gasteiger charge is -2.28. The van der Waals surface area contributed by atoms with Crippen LogP contribution < -0.4 is 0 Å². The van der Waals surface area contributed by atoms with Gasteiger partial charge < -0.3 is 4.90 Å². The minimum absolute atomic E-state index is 0.0406. The minimum Gasteiger partial charge on any atom is -0.334 e. The van der Waals surface area contributed by atoms with Crippen LogP contribution in [0.4, 0.5) is 5.69 Å². The average molecular weight is 331 g/mol. The Morgan fingerprint density at radius 3 is 2.62 bits per heavy atom. The maximum absolute atomic E-state index is 12.7. The first-order valence-electron chi connectivity index (χ1n) is 6.86. The molecule has 0 heterocycles. The molecular weight excluding hydrogens is 315 g/mol. The highest BCUT2D eigenvalue weighted by atomic mass is 35.5. The largest absolute Gasteiger partial charge is 0.334 e. The number of alkyl halides is 1. The van der Waals surface area contributed by atoms with Crippen LogP contribution in [0.5, 0.6) is 0 Å². The van der Waals surface area contributed by atoms with Crippen LogP contribution in [0.15, 0.2) is 18.2 Å². The second-order valence-electron chi connectivity index (χ2n) is 5.02. The van der Waals surface area contributed by atoms with Gasteiger partial charge in [0.15, 0.2) is 0 Å². The van der Waals surface area contributed by atoms with Crippen molar-refractivity contribution < 1.29 is 9.72 Å². The van der Waals surface area contributed by atoms with Crippen LogP contribution in [0, 0.1) is 10.1 Å². The Labute approximate surface area is 133 Å². The van der Waals surface area contributed by atoms with Gasteiger partial charge in [-0.1, -0.05) is 30.5 Å². The molecule has 0 saturated heterocycles. The molecule has 0 aromatic heterocycles. The van der Waals surface area contributed by atoms with E-state index in [4.69, 9.17) is 23.2 Å². The second-order valence-corrected chi connectivity index (χ2v) is 5.80. The highest BCUT2D eigenvalue weighted by Gasteiger charge is 2.32. The third-order valence-electron chi connectivity index (χ3n) is 3.75. The van der Waals surface area contributed by atoms with Gasteiger partial charge in [0, 0.05) is 24.5 Å². The summed E-state index contributed by atoms with van der Waals surface area (Å²) in [5, 5.41) is 11.2. The molecule has 7 heteroatoms. The zero-order valence-electron chi connectivity index (χ0n) is 11.4. The smallest absolute Gasteiger partial charge is 0.283 e. The van der Waals surface area contributed by atoms with Gasteiger partial charge in [0.1, 0.15) is 5.56 Å². The van der Waals surface area contributed by atoms with E-state index in [-0.39, 0.29) is 22.3 Å². The van der Waals surface area contributed by atoms with Crippen molar-refractivity contribution in [1.82, 2.24) is 4.90 Å². The number of amides is 1. The number of benzene rings is 1. The standard InChI is InChI=1S/C14H16Cl2N2O3/c15-8-9-17(10-4-1-2-5-10)14(19)13-11(16)6-3-7-12(13)18(20)21/h3,6-7,10H,1-2,4-5,8-9H2. The zero-order valence-corrected chi connectivity index (χ0v) is 12.9. The van der Waals surface area contributed by atoms with Crippen molar-refractivity contribution in [2.75, 3.05) is 12.4 Å². The van der Waals surface area contributed by atoms with Crippen LogP contribution >= 0.6 is 23.2 Å². The molecular formula is C14H16Cl2N2O3. The van der Waals surface area contributed by atoms with E-state index in [0.717, 1.165) is 25.7 Å². The second kappa shape index (κ2) is 7.09. The molecule has 1 fully saturated rings. The third kappa shape index (κ3) is 3.47. The van der Waals surface area contributed by atoms with E-state index in [1.54, 1.807) is 4.90 Å². The SMILES string of the molecule is O=C(c1c(Cl)cccc1[N+](=O)[O-])N(CCCl)C1CCCC1. The van der Waals surface area contributed by atoms with Crippen LogP contribution in [-0.2, 0) is 0 Å². The quantitative estimate of drug-likeness (QED) is 0.467. The molecule has 1 aliphatic carbocycles. The molecule has 5 nitrogen and oxygen atoms in total. The Balaban J connectivity index is 2.38. The van der Waals surface area contributed by atoms with E-state index >= 15 is 0 Å². The van der Waals surface area contributed by atoms with E-state index < -0.39 is 10.8 Å². The molecule has 2 rings (SSSR count). The maximum atomic E-state index is 12.7. The molecule has 0 unspecified atom stereocenters. The van der Waals surface area contributed by atoms with Crippen molar-refractivity contribution in [2.45, 2.75) is 31.7 Å². The summed E-state index contributed by atoms with van der Waals surface area (Å²) in [6.07, 6.45) is 3.92. The number of halogens is 2. The molecule has 21 heavy (non-hydrogen) atoms. The lowest BCUT2D eigenvalue weighted by Crippen LogP contribution is -2.40. The minimum atomic E-state index is -0.577. The monoisotopic (exact) mass is 330 g/mol. The molecule has 0 spiro atoms. The van der Waals surface area contributed by atoms with Crippen LogP contribution in [-0.4, -0.2) is 34.2 Å². The van der Waals surface area contributed by atoms with Crippen molar-refractivity contribution in [3.8, 4) is 0 Å². The van der Waals surface area contributed by atoms with Crippen molar-refractivity contribution >= 4 is 34.8 Å². The zero-order chi connectivity index (χ0) is 15.4. The van der Waals surface area contributed by atoms with Crippen LogP contribution in [0.3, 0.4) is 0 Å². The number of carbonyl (C=O) groups excluding carboxylic acids is 1. The average Bonchev–Trinajstić information content (AvgIpc) is 2.97. The van der Waals surface area contributed by atoms with Crippen molar-refractivity contribution in [3.05, 3.63) is 38.9 Å². The molecule has 0 atom stereocenters. The van der Waals surface area contributed by atoms with Gasteiger partial charge in [0.2, 0.25) is 0 Å². The van der Waals surface area contributed by atoms with Gasteiger partial charge in [-0.15, -0.1) is 11.6 Å². The highest BCUT2D eigenvalue weighted by Crippen LogP contribution is 2.31. The summed E-state index contributed by atoms with van der Waals surface area (Å²) in [5.74, 6) is -0.111. The van der Waals surface area contributed by atoms with E-state index in [1.807, 2.05) is 0 Å². The van der Waals surface area contributed by atoms with Gasteiger partial charge >= 0.3 is 0 Å². The van der Waals surface area contributed by atoms with Gasteiger partial charge in [-0.3, -0.25) is 14.9 Å². The van der Waals surface area contributed by atoms with Gasteiger partial charge in [-0.05, 0) is 18.9 Å². The lowest BCUT2D eigenvalue weighted by molar-refractivity contribution is -0.385. The Kier molecular flexibility index (Phi) is 5.42. The molecule has 0 N–H and O–H groups in total. The highest BCUT2D eigenvalue weighted by molar-refractivity contribution is 6.34. The molecule has 0 aliphatic heterocycles. The fraction of sp³-hybridized carbons (Fsp3) is 0.500. The van der Waals surface area contributed by atoms with E-state index in [0.29, 0.717) is 12.4 Å². The summed E-state index contributed by atoms with van der Waals surface area (Å²) in [6, 6.07) is 4.35. The predicted octanol–water partition coefficient (Wildman–Crippen LogP) is 3.87. The number of rotatable bonds is 5. The number of nitrogens with zero attached hydrogens (tertiary/aromatic N) is 2. The lowest BCUT2D eigenvalue weighted by atomic mass is 10.1. The van der Waals surface area contributed by atoms with Gasteiger partial charge in [-0.25, -0.2) is 0 Å². The normalized spacial score (nSPS) is 15.1. The molecule has 0 bridgehead atoms. The fourth-order valence-corrected chi connectivity index (χ4v) is 3.21. The molecule has 114 valence electrons. The van der Waals surface area contributed by atoms with Gasteiger partial charge in [-0.2, -0.15) is 0 Å². The number of carbonyl (C=O) groups is 1. The number of nitro benzene ring substituents is 1. The van der Waals surface area contributed by atoms with Crippen LogP contribution in [0.2, 0.25) is 5.02 Å². The fourth-order valence-electron chi connectivity index (χ4n) is 2.78. The summed E-state index contributed by atoms with van der Waals surface area (Å²) >= 11 is 11.8. The maximum Gasteiger partial charge on any atom is 0.283 e. The summed E-state index contributed by atoms with van der Waals surface area (Å²) in [7, 11) is 0. The van der Waals surface area contributed by atoms with Crippen molar-refractivity contribution in [3.63, 3.8) is 0 Å². The molecule has 1 aromatic carbocycles. The number of nitro groups is 1. The van der Waals surface area contributed by atoms with Crippen LogP contribution in [0.1, 0.15) is 36.0 Å². The Morgan fingerprint density at radius 2 is 2.05 bits per heavy atom. The van der Waals surface area contributed by atoms with Crippen molar-refractivity contribution in [1.29, 1.82) is 0 Å². The Hall–Kier alpha value is -1.33. The first-order valence-corrected chi connectivity index (χ1v) is 7.77. The van der Waals surface area contributed by atoms with Gasteiger partial charge in [0.05, 0.1) is 9.95 Å². The Morgan fingerprint density at radius 1 is 1.38 bits per heavy atom. The molecule has 1 saturated carbocycles. The number of hydrogen-bond acceptors (Lipinski definition) is 3. The first kappa shape index (κ1) is 16.0. The van der Waals surface area contributed by atoms with E-state index in [2.05, 4.69) is 0 Å². The van der Waals surface area contributed by atoms with Crippen molar-refractivity contribution in [2.24, 2.45) is 0 Å². The molecule has 1 amide bonds. The third-order valence-corrected chi connectivity index (χ3v) is 4.24. The summed E-state index contributed by atoms with van der Waals surface area (Å²) in [6.45, 7) is 0.368. The first-order chi connectivity index (χ1) is 10.1. The molecule has 1 aromatic rings. The van der Waals surface area contributed by atoms with Gasteiger partial charge in [0.25, 0.3) is 11.6 Å². The summed E-state index contributed by atoms with van der Waals surface area (Å²) < 4.78 is 0.